The molecule has 2 heterocycles. The summed E-state index contributed by atoms with van der Waals surface area (Å²) in [4.78, 5) is 39.2. The minimum atomic E-state index is -2.87. The molecule has 2 fully saturated rings. The van der Waals surface area contributed by atoms with Crippen molar-refractivity contribution in [3.63, 3.8) is 0 Å². The summed E-state index contributed by atoms with van der Waals surface area (Å²) in [7, 11) is 0. The second-order valence-electron chi connectivity index (χ2n) is 7.97. The Hall–Kier alpha value is -2.60. The van der Waals surface area contributed by atoms with Crippen LogP contribution in [0.1, 0.15) is 34.5 Å². The number of anilines is 2. The van der Waals surface area contributed by atoms with Crippen LogP contribution in [-0.2, 0) is 14.3 Å². The SMILES string of the molecule is O=C(NC[C@H](NC1CC1)C(=O)Nc1ccc(N2CCOCC2=O)cc1C(F)F)c1ccc(Cl)s1. The van der Waals surface area contributed by atoms with Crippen molar-refractivity contribution in [1.29, 1.82) is 0 Å². The number of carbonyl (C=O) groups is 3. The van der Waals surface area contributed by atoms with Gasteiger partial charge in [0.25, 0.3) is 18.2 Å². The Bertz CT molecular complexity index is 1080. The molecule has 0 radical (unpaired) electrons. The van der Waals surface area contributed by atoms with E-state index in [4.69, 9.17) is 16.3 Å². The van der Waals surface area contributed by atoms with E-state index in [9.17, 15) is 23.2 Å². The van der Waals surface area contributed by atoms with Crippen molar-refractivity contribution >= 4 is 52.0 Å². The fourth-order valence-corrected chi connectivity index (χ4v) is 4.46. The number of amides is 3. The van der Waals surface area contributed by atoms with Crippen molar-refractivity contribution in [1.82, 2.24) is 10.6 Å². The van der Waals surface area contributed by atoms with Gasteiger partial charge in [-0.3, -0.25) is 14.4 Å². The second-order valence-corrected chi connectivity index (χ2v) is 9.68. The number of nitrogens with one attached hydrogen (secondary N) is 3. The van der Waals surface area contributed by atoms with Crippen LogP contribution in [0.3, 0.4) is 0 Å². The maximum Gasteiger partial charge on any atom is 0.265 e. The van der Waals surface area contributed by atoms with E-state index < -0.39 is 23.9 Å². The average Bonchev–Trinajstić information content (AvgIpc) is 3.53. The Labute approximate surface area is 203 Å². The zero-order valence-electron chi connectivity index (χ0n) is 18.0. The summed E-state index contributed by atoms with van der Waals surface area (Å²) in [6.45, 7) is 0.434. The van der Waals surface area contributed by atoms with Crippen LogP contribution in [-0.4, -0.2) is 56.1 Å². The highest BCUT2D eigenvalue weighted by atomic mass is 35.5. The van der Waals surface area contributed by atoms with Crippen LogP contribution in [0, 0.1) is 0 Å². The zero-order chi connectivity index (χ0) is 24.2. The molecule has 2 aliphatic rings. The summed E-state index contributed by atoms with van der Waals surface area (Å²) >= 11 is 6.98. The molecule has 1 aromatic heterocycles. The zero-order valence-corrected chi connectivity index (χ0v) is 19.6. The molecule has 0 unspecified atom stereocenters. The quantitative estimate of drug-likeness (QED) is 0.479. The molecule has 1 atom stereocenters. The second kappa shape index (κ2) is 10.8. The summed E-state index contributed by atoms with van der Waals surface area (Å²) < 4.78 is 33.2. The highest BCUT2D eigenvalue weighted by Crippen LogP contribution is 2.32. The van der Waals surface area contributed by atoms with Crippen LogP contribution < -0.4 is 20.9 Å². The van der Waals surface area contributed by atoms with Crippen LogP contribution in [0.2, 0.25) is 4.34 Å². The van der Waals surface area contributed by atoms with E-state index in [0.29, 0.717) is 21.5 Å². The predicted molar refractivity (Wildman–Crippen MR) is 125 cm³/mol. The van der Waals surface area contributed by atoms with Crippen LogP contribution in [0.25, 0.3) is 0 Å². The van der Waals surface area contributed by atoms with Gasteiger partial charge >= 0.3 is 0 Å². The monoisotopic (exact) mass is 512 g/mol. The Morgan fingerprint density at radius 2 is 2.03 bits per heavy atom. The lowest BCUT2D eigenvalue weighted by Gasteiger charge is -2.28. The number of halogens is 3. The molecule has 2 aromatic rings. The lowest BCUT2D eigenvalue weighted by Crippen LogP contribution is -2.49. The van der Waals surface area contributed by atoms with E-state index in [-0.39, 0.29) is 43.2 Å². The van der Waals surface area contributed by atoms with Gasteiger partial charge in [0.05, 0.1) is 15.8 Å². The summed E-state index contributed by atoms with van der Waals surface area (Å²) in [5.41, 5.74) is -0.132. The molecule has 3 N–H and O–H groups in total. The number of alkyl halides is 2. The van der Waals surface area contributed by atoms with Gasteiger partial charge in [0.2, 0.25) is 5.91 Å². The maximum atomic E-state index is 13.8. The summed E-state index contributed by atoms with van der Waals surface area (Å²) in [6.07, 6.45) is -1.09. The molecule has 1 aromatic carbocycles. The van der Waals surface area contributed by atoms with Gasteiger partial charge in [-0.05, 0) is 43.2 Å². The fraction of sp³-hybridized carbons (Fsp3) is 0.409. The van der Waals surface area contributed by atoms with Crippen molar-refractivity contribution in [3.8, 4) is 0 Å². The van der Waals surface area contributed by atoms with Crippen LogP contribution in [0.5, 0.6) is 0 Å². The molecule has 12 heteroatoms. The predicted octanol–water partition coefficient (Wildman–Crippen LogP) is 3.19. The first-order valence-corrected chi connectivity index (χ1v) is 11.9. The first kappa shape index (κ1) is 24.5. The number of hydrogen-bond acceptors (Lipinski definition) is 6. The number of rotatable bonds is 9. The molecule has 34 heavy (non-hydrogen) atoms. The van der Waals surface area contributed by atoms with Crippen molar-refractivity contribution < 1.29 is 27.9 Å². The molecule has 1 aliphatic heterocycles. The Morgan fingerprint density at radius 1 is 1.24 bits per heavy atom. The van der Waals surface area contributed by atoms with Gasteiger partial charge in [-0.2, -0.15) is 0 Å². The average molecular weight is 513 g/mol. The third-order valence-corrected chi connectivity index (χ3v) is 6.65. The summed E-state index contributed by atoms with van der Waals surface area (Å²) in [5.74, 6) is -1.24. The van der Waals surface area contributed by atoms with Gasteiger partial charge in [-0.15, -0.1) is 11.3 Å². The Kier molecular flexibility index (Phi) is 7.77. The number of morpholine rings is 1. The van der Waals surface area contributed by atoms with E-state index in [0.717, 1.165) is 24.2 Å². The Balaban J connectivity index is 1.46. The van der Waals surface area contributed by atoms with Gasteiger partial charge in [0.15, 0.2) is 0 Å². The van der Waals surface area contributed by atoms with E-state index in [1.165, 1.54) is 23.1 Å². The smallest absolute Gasteiger partial charge is 0.265 e. The number of benzene rings is 1. The summed E-state index contributed by atoms with van der Waals surface area (Å²) in [6, 6.07) is 6.57. The van der Waals surface area contributed by atoms with Crippen LogP contribution in [0.4, 0.5) is 20.2 Å². The lowest BCUT2D eigenvalue weighted by atomic mass is 10.1. The first-order chi connectivity index (χ1) is 16.3. The van der Waals surface area contributed by atoms with E-state index in [1.807, 2.05) is 0 Å². The first-order valence-electron chi connectivity index (χ1n) is 10.7. The van der Waals surface area contributed by atoms with Crippen LogP contribution in [0.15, 0.2) is 30.3 Å². The largest absolute Gasteiger partial charge is 0.370 e. The molecule has 1 aliphatic carbocycles. The molecule has 1 saturated heterocycles. The number of hydrogen-bond donors (Lipinski definition) is 3. The standard InChI is InChI=1S/C22H23ClF2N4O4S/c23-18-6-5-17(34-18)22(32)26-10-16(27-12-1-2-12)21(31)28-15-4-3-13(9-14(15)20(24)25)29-7-8-33-11-19(29)30/h3-6,9,12,16,20,27H,1-2,7-8,10-11H2,(H,26,32)(H,28,31)/t16-/m0/s1. The van der Waals surface area contributed by atoms with Gasteiger partial charge < -0.3 is 25.6 Å². The number of ether oxygens (including phenoxy) is 1. The molecule has 8 nitrogen and oxygen atoms in total. The third-order valence-electron chi connectivity index (χ3n) is 5.42. The highest BCUT2D eigenvalue weighted by Gasteiger charge is 2.30. The number of thiophene rings is 1. The molecular weight excluding hydrogens is 490 g/mol. The van der Waals surface area contributed by atoms with Crippen molar-refractivity contribution in [2.75, 3.05) is 36.5 Å². The molecular formula is C22H23ClF2N4O4S. The number of nitrogens with zero attached hydrogens (tertiary/aromatic N) is 1. The summed E-state index contributed by atoms with van der Waals surface area (Å²) in [5, 5.41) is 8.38. The number of carbonyl (C=O) groups excluding carboxylic acids is 3. The van der Waals surface area contributed by atoms with Gasteiger partial charge in [0.1, 0.15) is 12.6 Å². The van der Waals surface area contributed by atoms with Gasteiger partial charge in [0, 0.05) is 36.1 Å². The van der Waals surface area contributed by atoms with E-state index >= 15 is 0 Å². The van der Waals surface area contributed by atoms with Crippen molar-refractivity contribution in [3.05, 3.63) is 45.1 Å². The molecule has 3 amide bonds. The molecule has 1 saturated carbocycles. The topological polar surface area (TPSA) is 99.8 Å². The van der Waals surface area contributed by atoms with Crippen molar-refractivity contribution in [2.45, 2.75) is 31.4 Å². The molecule has 182 valence electrons. The van der Waals surface area contributed by atoms with E-state index in [2.05, 4.69) is 16.0 Å². The van der Waals surface area contributed by atoms with Gasteiger partial charge in [-0.1, -0.05) is 11.6 Å². The minimum Gasteiger partial charge on any atom is -0.370 e. The fourth-order valence-electron chi connectivity index (χ4n) is 3.50. The Morgan fingerprint density at radius 3 is 2.68 bits per heavy atom. The van der Waals surface area contributed by atoms with E-state index in [1.54, 1.807) is 12.1 Å². The molecule has 0 spiro atoms. The molecule has 4 rings (SSSR count). The maximum absolute atomic E-state index is 13.8. The normalized spacial score (nSPS) is 17.1. The minimum absolute atomic E-state index is 0.0267. The van der Waals surface area contributed by atoms with Crippen LogP contribution >= 0.6 is 22.9 Å². The highest BCUT2D eigenvalue weighted by molar-refractivity contribution is 7.18. The van der Waals surface area contributed by atoms with Crippen molar-refractivity contribution in [2.24, 2.45) is 0 Å². The third kappa shape index (κ3) is 6.09. The lowest BCUT2D eigenvalue weighted by molar-refractivity contribution is -0.125. The molecule has 0 bridgehead atoms. The van der Waals surface area contributed by atoms with Gasteiger partial charge in [-0.25, -0.2) is 8.78 Å².